The summed E-state index contributed by atoms with van der Waals surface area (Å²) in [5.74, 6) is 2.27. The minimum atomic E-state index is -0.275. The summed E-state index contributed by atoms with van der Waals surface area (Å²) < 4.78 is 16.4. The first-order chi connectivity index (χ1) is 12.8. The van der Waals surface area contributed by atoms with Gasteiger partial charge < -0.3 is 24.8 Å². The SMILES string of the molecule is O=C(NCCOc1cccc2c1CCCC2)Nc1ccc2c(c1)OCO2. The first-order valence-electron chi connectivity index (χ1n) is 8.98. The van der Waals surface area contributed by atoms with Crippen LogP contribution < -0.4 is 24.8 Å². The lowest BCUT2D eigenvalue weighted by Crippen LogP contribution is -2.32. The molecule has 0 saturated carbocycles. The van der Waals surface area contributed by atoms with Crippen molar-refractivity contribution in [2.45, 2.75) is 25.7 Å². The zero-order valence-electron chi connectivity index (χ0n) is 14.5. The van der Waals surface area contributed by atoms with E-state index in [1.165, 1.54) is 24.0 Å². The smallest absolute Gasteiger partial charge is 0.319 e. The van der Waals surface area contributed by atoms with Crippen molar-refractivity contribution in [2.24, 2.45) is 0 Å². The standard InChI is InChI=1S/C20H22N2O4/c23-20(22-15-8-9-18-19(12-15)26-13-25-18)21-10-11-24-17-7-3-5-14-4-1-2-6-16(14)17/h3,5,7-9,12H,1-2,4,6,10-11,13H2,(H2,21,22,23). The van der Waals surface area contributed by atoms with Gasteiger partial charge in [-0.15, -0.1) is 0 Å². The maximum absolute atomic E-state index is 12.0. The Balaban J connectivity index is 1.24. The maximum Gasteiger partial charge on any atom is 0.319 e. The van der Waals surface area contributed by atoms with Crippen LogP contribution in [0.1, 0.15) is 24.0 Å². The van der Waals surface area contributed by atoms with Gasteiger partial charge in [0.25, 0.3) is 0 Å². The molecule has 6 nitrogen and oxygen atoms in total. The summed E-state index contributed by atoms with van der Waals surface area (Å²) in [6.07, 6.45) is 4.66. The predicted molar refractivity (Wildman–Crippen MR) is 98.2 cm³/mol. The van der Waals surface area contributed by atoms with E-state index in [0.717, 1.165) is 18.6 Å². The molecule has 4 rings (SSSR count). The molecule has 0 bridgehead atoms. The lowest BCUT2D eigenvalue weighted by atomic mass is 9.91. The van der Waals surface area contributed by atoms with Gasteiger partial charge in [0.2, 0.25) is 6.79 Å². The molecule has 0 fully saturated rings. The molecule has 1 heterocycles. The minimum Gasteiger partial charge on any atom is -0.491 e. The molecule has 2 amide bonds. The highest BCUT2D eigenvalue weighted by Crippen LogP contribution is 2.34. The van der Waals surface area contributed by atoms with Crippen molar-refractivity contribution in [3.8, 4) is 17.2 Å². The highest BCUT2D eigenvalue weighted by molar-refractivity contribution is 5.89. The molecule has 0 radical (unpaired) electrons. The number of anilines is 1. The highest BCUT2D eigenvalue weighted by Gasteiger charge is 2.15. The number of urea groups is 1. The average molecular weight is 354 g/mol. The second-order valence-corrected chi connectivity index (χ2v) is 6.40. The van der Waals surface area contributed by atoms with Gasteiger partial charge in [0.15, 0.2) is 11.5 Å². The molecule has 0 spiro atoms. The second kappa shape index (κ2) is 7.56. The van der Waals surface area contributed by atoms with Crippen LogP contribution in [0.5, 0.6) is 17.2 Å². The van der Waals surface area contributed by atoms with E-state index >= 15 is 0 Å². The average Bonchev–Trinajstić information content (AvgIpc) is 3.13. The summed E-state index contributed by atoms with van der Waals surface area (Å²) in [5, 5.41) is 5.58. The molecule has 6 heteroatoms. The number of nitrogens with one attached hydrogen (secondary N) is 2. The van der Waals surface area contributed by atoms with Crippen LogP contribution in [0, 0.1) is 0 Å². The van der Waals surface area contributed by atoms with Crippen LogP contribution in [0.15, 0.2) is 36.4 Å². The number of rotatable bonds is 5. The van der Waals surface area contributed by atoms with E-state index in [9.17, 15) is 4.79 Å². The minimum absolute atomic E-state index is 0.214. The van der Waals surface area contributed by atoms with E-state index in [1.807, 2.05) is 12.1 Å². The zero-order valence-corrected chi connectivity index (χ0v) is 14.5. The van der Waals surface area contributed by atoms with Crippen molar-refractivity contribution in [1.29, 1.82) is 0 Å². The molecular formula is C20H22N2O4. The van der Waals surface area contributed by atoms with Crippen molar-refractivity contribution >= 4 is 11.7 Å². The van der Waals surface area contributed by atoms with Crippen molar-refractivity contribution in [3.05, 3.63) is 47.5 Å². The molecule has 0 aromatic heterocycles. The Morgan fingerprint density at radius 2 is 1.96 bits per heavy atom. The number of ether oxygens (including phenoxy) is 3. The third-order valence-corrected chi connectivity index (χ3v) is 4.63. The summed E-state index contributed by atoms with van der Waals surface area (Å²) in [6.45, 7) is 1.08. The Hall–Kier alpha value is -2.89. The lowest BCUT2D eigenvalue weighted by Gasteiger charge is -2.19. The molecule has 26 heavy (non-hydrogen) atoms. The molecule has 2 N–H and O–H groups in total. The Labute approximate surface area is 152 Å². The number of hydrogen-bond acceptors (Lipinski definition) is 4. The quantitative estimate of drug-likeness (QED) is 0.807. The highest BCUT2D eigenvalue weighted by atomic mass is 16.7. The van der Waals surface area contributed by atoms with E-state index in [1.54, 1.807) is 18.2 Å². The monoisotopic (exact) mass is 354 g/mol. The fraction of sp³-hybridized carbons (Fsp3) is 0.350. The Bertz CT molecular complexity index is 806. The number of fused-ring (bicyclic) bond motifs is 2. The van der Waals surface area contributed by atoms with Crippen LogP contribution >= 0.6 is 0 Å². The van der Waals surface area contributed by atoms with E-state index in [-0.39, 0.29) is 12.8 Å². The molecule has 2 aliphatic rings. The van der Waals surface area contributed by atoms with E-state index in [4.69, 9.17) is 14.2 Å². The van der Waals surface area contributed by atoms with Crippen LogP contribution in [0.25, 0.3) is 0 Å². The van der Waals surface area contributed by atoms with Crippen LogP contribution in [0.2, 0.25) is 0 Å². The van der Waals surface area contributed by atoms with Gasteiger partial charge in [-0.3, -0.25) is 0 Å². The third-order valence-electron chi connectivity index (χ3n) is 4.63. The summed E-state index contributed by atoms with van der Waals surface area (Å²) in [7, 11) is 0. The summed E-state index contributed by atoms with van der Waals surface area (Å²) in [4.78, 5) is 12.0. The second-order valence-electron chi connectivity index (χ2n) is 6.40. The van der Waals surface area contributed by atoms with Gasteiger partial charge in [0.05, 0.1) is 6.54 Å². The van der Waals surface area contributed by atoms with Crippen molar-refractivity contribution < 1.29 is 19.0 Å². The Morgan fingerprint density at radius 1 is 1.08 bits per heavy atom. The summed E-state index contributed by atoms with van der Waals surface area (Å²) in [5.41, 5.74) is 3.37. The number of aryl methyl sites for hydroxylation is 1. The van der Waals surface area contributed by atoms with Gasteiger partial charge in [-0.25, -0.2) is 4.79 Å². The van der Waals surface area contributed by atoms with Crippen LogP contribution in [-0.4, -0.2) is 26.0 Å². The van der Waals surface area contributed by atoms with Gasteiger partial charge in [-0.1, -0.05) is 12.1 Å². The topological polar surface area (TPSA) is 68.8 Å². The molecule has 2 aromatic rings. The first kappa shape index (κ1) is 16.6. The third kappa shape index (κ3) is 3.69. The van der Waals surface area contributed by atoms with Gasteiger partial charge in [0, 0.05) is 11.8 Å². The molecule has 0 saturated heterocycles. The summed E-state index contributed by atoms with van der Waals surface area (Å²) >= 11 is 0. The Kier molecular flexibility index (Phi) is 4.82. The molecular weight excluding hydrogens is 332 g/mol. The number of amides is 2. The zero-order chi connectivity index (χ0) is 17.8. The first-order valence-corrected chi connectivity index (χ1v) is 8.98. The van der Waals surface area contributed by atoms with Gasteiger partial charge in [0.1, 0.15) is 12.4 Å². The van der Waals surface area contributed by atoms with Crippen molar-refractivity contribution in [3.63, 3.8) is 0 Å². The predicted octanol–water partition coefficient (Wildman–Crippen LogP) is 3.49. The maximum atomic E-state index is 12.0. The summed E-state index contributed by atoms with van der Waals surface area (Å²) in [6, 6.07) is 11.3. The van der Waals surface area contributed by atoms with Crippen LogP contribution in [0.4, 0.5) is 10.5 Å². The van der Waals surface area contributed by atoms with E-state index in [0.29, 0.717) is 30.3 Å². The fourth-order valence-corrected chi connectivity index (χ4v) is 3.36. The number of carbonyl (C=O) groups is 1. The largest absolute Gasteiger partial charge is 0.491 e. The number of benzene rings is 2. The lowest BCUT2D eigenvalue weighted by molar-refractivity contribution is 0.174. The van der Waals surface area contributed by atoms with Gasteiger partial charge in [-0.2, -0.15) is 0 Å². The van der Waals surface area contributed by atoms with Gasteiger partial charge in [-0.05, 0) is 55.0 Å². The van der Waals surface area contributed by atoms with Crippen LogP contribution in [-0.2, 0) is 12.8 Å². The normalized spacial score (nSPS) is 14.5. The van der Waals surface area contributed by atoms with Gasteiger partial charge >= 0.3 is 6.03 Å². The van der Waals surface area contributed by atoms with Crippen molar-refractivity contribution in [1.82, 2.24) is 5.32 Å². The fourth-order valence-electron chi connectivity index (χ4n) is 3.36. The van der Waals surface area contributed by atoms with Crippen LogP contribution in [0.3, 0.4) is 0 Å². The Morgan fingerprint density at radius 3 is 2.92 bits per heavy atom. The van der Waals surface area contributed by atoms with Crippen molar-refractivity contribution in [2.75, 3.05) is 25.3 Å². The van der Waals surface area contributed by atoms with E-state index < -0.39 is 0 Å². The number of hydrogen-bond donors (Lipinski definition) is 2. The molecule has 0 unspecified atom stereocenters. The molecule has 1 aliphatic carbocycles. The molecule has 2 aromatic carbocycles. The number of carbonyl (C=O) groups excluding carboxylic acids is 1. The molecule has 0 atom stereocenters. The molecule has 1 aliphatic heterocycles. The molecule has 136 valence electrons. The van der Waals surface area contributed by atoms with E-state index in [2.05, 4.69) is 16.7 Å².